The molecule has 1 rings (SSSR count). The number of alkyl halides is 2. The quantitative estimate of drug-likeness (QED) is 0.733. The highest BCUT2D eigenvalue weighted by Gasteiger charge is 2.09. The van der Waals surface area contributed by atoms with Gasteiger partial charge in [-0.3, -0.25) is 0 Å². The van der Waals surface area contributed by atoms with E-state index in [2.05, 4.69) is 69.1 Å². The van der Waals surface area contributed by atoms with Crippen LogP contribution in [0.1, 0.15) is 18.9 Å². The molecule has 1 aromatic rings. The number of hydrogen-bond acceptors (Lipinski definition) is 0. The van der Waals surface area contributed by atoms with E-state index in [1.165, 1.54) is 12.0 Å². The topological polar surface area (TPSA) is 0 Å². The van der Waals surface area contributed by atoms with Gasteiger partial charge in [-0.25, -0.2) is 0 Å². The SMILES string of the molecule is CC(Br)C(Br)CCc1ccccc1. The summed E-state index contributed by atoms with van der Waals surface area (Å²) in [5, 5.41) is 0. The minimum absolute atomic E-state index is 0.538. The van der Waals surface area contributed by atoms with Gasteiger partial charge in [0.05, 0.1) is 0 Å². The lowest BCUT2D eigenvalue weighted by atomic mass is 10.1. The molecule has 0 amide bonds. The monoisotopic (exact) mass is 304 g/mol. The summed E-state index contributed by atoms with van der Waals surface area (Å²) in [6, 6.07) is 10.6. The summed E-state index contributed by atoms with van der Waals surface area (Å²) >= 11 is 7.22. The molecule has 72 valence electrons. The molecule has 0 heterocycles. The van der Waals surface area contributed by atoms with Crippen molar-refractivity contribution in [1.82, 2.24) is 0 Å². The zero-order chi connectivity index (χ0) is 9.68. The maximum atomic E-state index is 3.65. The van der Waals surface area contributed by atoms with Crippen molar-refractivity contribution in [3.8, 4) is 0 Å². The molecule has 2 unspecified atom stereocenters. The van der Waals surface area contributed by atoms with Crippen molar-refractivity contribution < 1.29 is 0 Å². The third kappa shape index (κ3) is 4.28. The highest BCUT2D eigenvalue weighted by atomic mass is 79.9. The predicted molar refractivity (Wildman–Crippen MR) is 65.9 cm³/mol. The van der Waals surface area contributed by atoms with E-state index in [4.69, 9.17) is 0 Å². The molecule has 0 saturated carbocycles. The van der Waals surface area contributed by atoms with Gasteiger partial charge in [0.1, 0.15) is 0 Å². The highest BCUT2D eigenvalue weighted by Crippen LogP contribution is 2.19. The molecule has 0 nitrogen and oxygen atoms in total. The third-order valence-corrected chi connectivity index (χ3v) is 4.65. The fourth-order valence-corrected chi connectivity index (χ4v) is 1.67. The van der Waals surface area contributed by atoms with Crippen LogP contribution in [0.25, 0.3) is 0 Å². The van der Waals surface area contributed by atoms with E-state index in [-0.39, 0.29) is 0 Å². The van der Waals surface area contributed by atoms with Crippen LogP contribution in [0, 0.1) is 0 Å². The number of hydrogen-bond donors (Lipinski definition) is 0. The van der Waals surface area contributed by atoms with Crippen molar-refractivity contribution >= 4 is 31.9 Å². The fraction of sp³-hybridized carbons (Fsp3) is 0.455. The summed E-state index contributed by atoms with van der Waals surface area (Å²) < 4.78 is 0. The summed E-state index contributed by atoms with van der Waals surface area (Å²) in [5.41, 5.74) is 1.42. The molecule has 0 aliphatic heterocycles. The summed E-state index contributed by atoms with van der Waals surface area (Å²) in [7, 11) is 0. The van der Waals surface area contributed by atoms with Crippen LogP contribution >= 0.6 is 31.9 Å². The lowest BCUT2D eigenvalue weighted by molar-refractivity contribution is 0.765. The minimum Gasteiger partial charge on any atom is -0.0882 e. The Hall–Kier alpha value is 0.180. The van der Waals surface area contributed by atoms with E-state index in [9.17, 15) is 0 Å². The first-order valence-corrected chi connectivity index (χ1v) is 6.35. The van der Waals surface area contributed by atoms with E-state index < -0.39 is 0 Å². The van der Waals surface area contributed by atoms with Crippen LogP contribution in [0.5, 0.6) is 0 Å². The van der Waals surface area contributed by atoms with Gasteiger partial charge in [-0.05, 0) is 18.4 Å². The van der Waals surface area contributed by atoms with Crippen LogP contribution in [-0.4, -0.2) is 9.65 Å². The van der Waals surface area contributed by atoms with E-state index in [0.717, 1.165) is 6.42 Å². The van der Waals surface area contributed by atoms with Gasteiger partial charge in [0.25, 0.3) is 0 Å². The van der Waals surface area contributed by atoms with Crippen molar-refractivity contribution in [1.29, 1.82) is 0 Å². The molecule has 0 aliphatic rings. The van der Waals surface area contributed by atoms with Gasteiger partial charge in [0.15, 0.2) is 0 Å². The molecule has 2 heteroatoms. The second kappa shape index (κ2) is 5.82. The van der Waals surface area contributed by atoms with Gasteiger partial charge in [-0.15, -0.1) is 0 Å². The van der Waals surface area contributed by atoms with Crippen molar-refractivity contribution in [2.75, 3.05) is 0 Å². The summed E-state index contributed by atoms with van der Waals surface area (Å²) in [4.78, 5) is 1.10. The van der Waals surface area contributed by atoms with Crippen molar-refractivity contribution in [3.63, 3.8) is 0 Å². The Kier molecular flexibility index (Phi) is 5.04. The molecule has 1 aromatic carbocycles. The molecule has 0 N–H and O–H groups in total. The van der Waals surface area contributed by atoms with Crippen LogP contribution in [0.2, 0.25) is 0 Å². The first-order chi connectivity index (χ1) is 6.20. The van der Waals surface area contributed by atoms with Gasteiger partial charge in [-0.1, -0.05) is 69.1 Å². The first kappa shape index (κ1) is 11.3. The van der Waals surface area contributed by atoms with Crippen LogP contribution in [0.3, 0.4) is 0 Å². The van der Waals surface area contributed by atoms with E-state index in [0.29, 0.717) is 9.65 Å². The molecule has 13 heavy (non-hydrogen) atoms. The van der Waals surface area contributed by atoms with Crippen LogP contribution < -0.4 is 0 Å². The summed E-state index contributed by atoms with van der Waals surface area (Å²) in [5.74, 6) is 0. The molecular weight excluding hydrogens is 292 g/mol. The van der Waals surface area contributed by atoms with Crippen LogP contribution in [-0.2, 0) is 6.42 Å². The molecule has 0 saturated heterocycles. The normalized spacial score (nSPS) is 15.3. The second-order valence-corrected chi connectivity index (χ2v) is 5.84. The van der Waals surface area contributed by atoms with Gasteiger partial charge in [0, 0.05) is 9.65 Å². The molecule has 0 radical (unpaired) electrons. The van der Waals surface area contributed by atoms with Crippen LogP contribution in [0.15, 0.2) is 30.3 Å². The molecule has 0 bridgehead atoms. The van der Waals surface area contributed by atoms with Gasteiger partial charge < -0.3 is 0 Å². The van der Waals surface area contributed by atoms with E-state index >= 15 is 0 Å². The second-order valence-electron chi connectivity index (χ2n) is 3.22. The Bertz CT molecular complexity index is 231. The van der Waals surface area contributed by atoms with Crippen LogP contribution in [0.4, 0.5) is 0 Å². The van der Waals surface area contributed by atoms with Gasteiger partial charge in [-0.2, -0.15) is 0 Å². The minimum atomic E-state index is 0.538. The van der Waals surface area contributed by atoms with Crippen molar-refractivity contribution in [2.45, 2.75) is 29.4 Å². The first-order valence-electron chi connectivity index (χ1n) is 4.52. The van der Waals surface area contributed by atoms with Gasteiger partial charge >= 0.3 is 0 Å². The highest BCUT2D eigenvalue weighted by molar-refractivity contribution is 9.12. The molecule has 0 spiro atoms. The number of aryl methyl sites for hydroxylation is 1. The lowest BCUT2D eigenvalue weighted by Gasteiger charge is -2.11. The molecule has 0 fully saturated rings. The number of rotatable bonds is 4. The third-order valence-electron chi connectivity index (χ3n) is 2.05. The summed E-state index contributed by atoms with van der Waals surface area (Å²) in [6.45, 7) is 2.17. The Labute approximate surface area is 97.0 Å². The molecule has 2 atom stereocenters. The van der Waals surface area contributed by atoms with E-state index in [1.807, 2.05) is 0 Å². The zero-order valence-corrected chi connectivity index (χ0v) is 10.9. The average Bonchev–Trinajstić information content (AvgIpc) is 2.15. The maximum absolute atomic E-state index is 3.65. The number of halogens is 2. The lowest BCUT2D eigenvalue weighted by Crippen LogP contribution is -2.10. The Morgan fingerprint density at radius 2 is 1.77 bits per heavy atom. The Morgan fingerprint density at radius 1 is 1.15 bits per heavy atom. The summed E-state index contributed by atoms with van der Waals surface area (Å²) in [6.07, 6.45) is 2.32. The molecule has 0 aliphatic carbocycles. The Balaban J connectivity index is 2.35. The van der Waals surface area contributed by atoms with Crippen molar-refractivity contribution in [3.05, 3.63) is 35.9 Å². The predicted octanol–water partition coefficient (Wildman–Crippen LogP) is 4.17. The smallest absolute Gasteiger partial charge is 0.0271 e. The fourth-order valence-electron chi connectivity index (χ4n) is 1.18. The number of benzene rings is 1. The maximum Gasteiger partial charge on any atom is 0.0271 e. The molecular formula is C11H14Br2. The standard InChI is InChI=1S/C11H14Br2/c1-9(12)11(13)8-7-10-5-3-2-4-6-10/h2-6,9,11H,7-8H2,1H3. The largest absolute Gasteiger partial charge is 0.0882 e. The molecule has 0 aromatic heterocycles. The van der Waals surface area contributed by atoms with Gasteiger partial charge in [0.2, 0.25) is 0 Å². The Morgan fingerprint density at radius 3 is 2.31 bits per heavy atom. The average molecular weight is 306 g/mol. The van der Waals surface area contributed by atoms with E-state index in [1.54, 1.807) is 0 Å². The zero-order valence-electron chi connectivity index (χ0n) is 7.71. The van der Waals surface area contributed by atoms with Crippen molar-refractivity contribution in [2.24, 2.45) is 0 Å².